The summed E-state index contributed by atoms with van der Waals surface area (Å²) in [5.41, 5.74) is 0. The molecule has 9 heteroatoms. The monoisotopic (exact) mass is 339 g/mol. The molecule has 20 heavy (non-hydrogen) atoms. The van der Waals surface area contributed by atoms with Gasteiger partial charge in [0.05, 0.1) is 15.9 Å². The van der Waals surface area contributed by atoms with E-state index in [-0.39, 0.29) is 21.9 Å². The smallest absolute Gasteiger partial charge is 0.261 e. The van der Waals surface area contributed by atoms with Gasteiger partial charge in [-0.3, -0.25) is 0 Å². The molecule has 0 saturated heterocycles. The third-order valence-electron chi connectivity index (χ3n) is 3.15. The average Bonchev–Trinajstić information content (AvgIpc) is 2.32. The van der Waals surface area contributed by atoms with E-state index in [1.54, 1.807) is 7.11 Å². The average molecular weight is 340 g/mol. The molecule has 1 N–H and O–H groups in total. The number of methoxy groups -OCH3 is 1. The van der Waals surface area contributed by atoms with Gasteiger partial charge in [0.1, 0.15) is 0 Å². The highest BCUT2D eigenvalue weighted by Crippen LogP contribution is 2.25. The standard InChI is InChI=1S/C11H14ClNO5S2/c1-18-9-5-8(6-9)13-20(16,17)11-4-2-3-10(7-11)19(12,14)15/h2-4,7-9,13H,5-6H2,1H3. The highest BCUT2D eigenvalue weighted by Gasteiger charge is 2.32. The first-order valence-corrected chi connectivity index (χ1v) is 9.61. The van der Waals surface area contributed by atoms with Gasteiger partial charge in [0.25, 0.3) is 9.05 Å². The van der Waals surface area contributed by atoms with E-state index in [0.29, 0.717) is 12.8 Å². The molecule has 1 aliphatic carbocycles. The van der Waals surface area contributed by atoms with Crippen LogP contribution in [0.5, 0.6) is 0 Å². The number of rotatable bonds is 5. The number of halogens is 1. The van der Waals surface area contributed by atoms with E-state index in [0.717, 1.165) is 6.07 Å². The molecular weight excluding hydrogens is 326 g/mol. The first kappa shape index (κ1) is 15.7. The number of nitrogens with one attached hydrogen (secondary N) is 1. The summed E-state index contributed by atoms with van der Waals surface area (Å²) < 4.78 is 54.2. The molecule has 1 aliphatic rings. The second kappa shape index (κ2) is 5.61. The van der Waals surface area contributed by atoms with Crippen molar-refractivity contribution in [3.8, 4) is 0 Å². The van der Waals surface area contributed by atoms with Crippen LogP contribution in [0.4, 0.5) is 0 Å². The Morgan fingerprint density at radius 1 is 1.20 bits per heavy atom. The lowest BCUT2D eigenvalue weighted by atomic mass is 9.90. The predicted molar refractivity (Wildman–Crippen MR) is 73.6 cm³/mol. The lowest BCUT2D eigenvalue weighted by Crippen LogP contribution is -2.47. The van der Waals surface area contributed by atoms with E-state index in [2.05, 4.69) is 4.72 Å². The summed E-state index contributed by atoms with van der Waals surface area (Å²) in [5.74, 6) is 0. The van der Waals surface area contributed by atoms with Crippen LogP contribution in [0.3, 0.4) is 0 Å². The number of hydrogen-bond acceptors (Lipinski definition) is 5. The number of benzene rings is 1. The summed E-state index contributed by atoms with van der Waals surface area (Å²) in [6.45, 7) is 0. The molecular formula is C11H14ClNO5S2. The Labute approximate surface area is 122 Å². The van der Waals surface area contributed by atoms with Crippen molar-refractivity contribution in [2.24, 2.45) is 0 Å². The Balaban J connectivity index is 2.18. The SMILES string of the molecule is COC1CC(NS(=O)(=O)c2cccc(S(=O)(=O)Cl)c2)C1. The topological polar surface area (TPSA) is 89.5 Å². The molecule has 0 heterocycles. The van der Waals surface area contributed by atoms with Crippen LogP contribution in [0.15, 0.2) is 34.1 Å². The van der Waals surface area contributed by atoms with E-state index in [1.807, 2.05) is 0 Å². The number of sulfonamides is 1. The molecule has 1 aromatic carbocycles. The summed E-state index contributed by atoms with van der Waals surface area (Å²) >= 11 is 0. The Hall–Kier alpha value is -0.670. The van der Waals surface area contributed by atoms with Gasteiger partial charge in [-0.1, -0.05) is 6.07 Å². The zero-order valence-corrected chi connectivity index (χ0v) is 13.0. The molecule has 0 aromatic heterocycles. The highest BCUT2D eigenvalue weighted by molar-refractivity contribution is 8.13. The molecule has 0 radical (unpaired) electrons. The van der Waals surface area contributed by atoms with Gasteiger partial charge < -0.3 is 4.74 Å². The van der Waals surface area contributed by atoms with E-state index >= 15 is 0 Å². The van der Waals surface area contributed by atoms with Crippen molar-refractivity contribution >= 4 is 29.8 Å². The van der Waals surface area contributed by atoms with Crippen LogP contribution in [-0.2, 0) is 23.8 Å². The van der Waals surface area contributed by atoms with Crippen LogP contribution in [0.25, 0.3) is 0 Å². The first-order chi connectivity index (χ1) is 9.22. The minimum Gasteiger partial charge on any atom is -0.381 e. The van der Waals surface area contributed by atoms with Gasteiger partial charge >= 0.3 is 0 Å². The van der Waals surface area contributed by atoms with E-state index in [9.17, 15) is 16.8 Å². The fourth-order valence-corrected chi connectivity index (χ4v) is 4.11. The summed E-state index contributed by atoms with van der Waals surface area (Å²) in [6.07, 6.45) is 1.27. The molecule has 0 bridgehead atoms. The minimum absolute atomic E-state index is 0.0669. The predicted octanol–water partition coefficient (Wildman–Crippen LogP) is 1.07. The fraction of sp³-hybridized carbons (Fsp3) is 0.455. The van der Waals surface area contributed by atoms with Crippen molar-refractivity contribution < 1.29 is 21.6 Å². The summed E-state index contributed by atoms with van der Waals surface area (Å²) in [5, 5.41) is 0. The summed E-state index contributed by atoms with van der Waals surface area (Å²) in [4.78, 5) is -0.370. The van der Waals surface area contributed by atoms with E-state index < -0.39 is 19.1 Å². The first-order valence-electron chi connectivity index (χ1n) is 5.82. The maximum atomic E-state index is 12.1. The number of hydrogen-bond donors (Lipinski definition) is 1. The van der Waals surface area contributed by atoms with Gasteiger partial charge in [-0.2, -0.15) is 0 Å². The molecule has 1 saturated carbocycles. The molecule has 0 amide bonds. The largest absolute Gasteiger partial charge is 0.381 e. The second-order valence-corrected chi connectivity index (χ2v) is 8.84. The molecule has 0 unspecified atom stereocenters. The van der Waals surface area contributed by atoms with E-state index in [1.165, 1.54) is 18.2 Å². The Bertz CT molecular complexity index is 695. The molecule has 1 aromatic rings. The van der Waals surface area contributed by atoms with Gasteiger partial charge in [-0.15, -0.1) is 0 Å². The van der Waals surface area contributed by atoms with Crippen molar-refractivity contribution in [2.45, 2.75) is 34.8 Å². The van der Waals surface area contributed by atoms with Crippen molar-refractivity contribution in [1.82, 2.24) is 4.72 Å². The highest BCUT2D eigenvalue weighted by atomic mass is 35.7. The Morgan fingerprint density at radius 3 is 2.35 bits per heavy atom. The zero-order chi connectivity index (χ0) is 15.0. The summed E-state index contributed by atoms with van der Waals surface area (Å²) in [6, 6.07) is 4.74. The molecule has 2 rings (SSSR count). The van der Waals surface area contributed by atoms with Crippen LogP contribution in [-0.4, -0.2) is 36.1 Å². The van der Waals surface area contributed by atoms with Crippen molar-refractivity contribution in [3.05, 3.63) is 24.3 Å². The molecule has 0 aliphatic heterocycles. The van der Waals surface area contributed by atoms with Crippen LogP contribution in [0.1, 0.15) is 12.8 Å². The van der Waals surface area contributed by atoms with Crippen LogP contribution in [0.2, 0.25) is 0 Å². The fourth-order valence-electron chi connectivity index (χ4n) is 1.93. The molecule has 6 nitrogen and oxygen atoms in total. The Kier molecular flexibility index (Phi) is 4.41. The molecule has 1 fully saturated rings. The maximum absolute atomic E-state index is 12.1. The molecule has 0 atom stereocenters. The molecule has 0 spiro atoms. The third kappa shape index (κ3) is 3.50. The quantitative estimate of drug-likeness (QED) is 0.810. The van der Waals surface area contributed by atoms with Crippen LogP contribution >= 0.6 is 10.7 Å². The zero-order valence-electron chi connectivity index (χ0n) is 10.6. The second-order valence-electron chi connectivity index (χ2n) is 4.56. The van der Waals surface area contributed by atoms with Crippen molar-refractivity contribution in [3.63, 3.8) is 0 Å². The lowest BCUT2D eigenvalue weighted by molar-refractivity contribution is 0.0236. The van der Waals surface area contributed by atoms with Gasteiger partial charge in [0.2, 0.25) is 10.0 Å². The van der Waals surface area contributed by atoms with Crippen molar-refractivity contribution in [1.29, 1.82) is 0 Å². The van der Waals surface area contributed by atoms with Crippen LogP contribution in [0, 0.1) is 0 Å². The van der Waals surface area contributed by atoms with Gasteiger partial charge in [0.15, 0.2) is 0 Å². The minimum atomic E-state index is -3.96. The van der Waals surface area contributed by atoms with Gasteiger partial charge in [-0.05, 0) is 31.0 Å². The number of ether oxygens (including phenoxy) is 1. The van der Waals surface area contributed by atoms with Gasteiger partial charge in [0, 0.05) is 23.8 Å². The summed E-state index contributed by atoms with van der Waals surface area (Å²) in [7, 11) is -0.945. The molecule has 112 valence electrons. The third-order valence-corrected chi connectivity index (χ3v) is 6.02. The van der Waals surface area contributed by atoms with E-state index in [4.69, 9.17) is 15.4 Å². The van der Waals surface area contributed by atoms with Crippen LogP contribution < -0.4 is 4.72 Å². The maximum Gasteiger partial charge on any atom is 0.261 e. The lowest BCUT2D eigenvalue weighted by Gasteiger charge is -2.34. The normalized spacial score (nSPS) is 23.3. The van der Waals surface area contributed by atoms with Gasteiger partial charge in [-0.25, -0.2) is 21.6 Å². The van der Waals surface area contributed by atoms with Crippen molar-refractivity contribution in [2.75, 3.05) is 7.11 Å². The Morgan fingerprint density at radius 2 is 1.80 bits per heavy atom.